The van der Waals surface area contributed by atoms with Gasteiger partial charge >= 0.3 is 0 Å². The molecule has 1 atom stereocenters. The van der Waals surface area contributed by atoms with Gasteiger partial charge in [-0.2, -0.15) is 5.10 Å². The predicted molar refractivity (Wildman–Crippen MR) is 139 cm³/mol. The van der Waals surface area contributed by atoms with Gasteiger partial charge in [-0.3, -0.25) is 9.59 Å². The highest BCUT2D eigenvalue weighted by Crippen LogP contribution is 2.27. The molecule has 0 saturated carbocycles. The standard InChI is InChI=1S/C27H25Cl2N3O3/c1-17-6-9-23(10-18(17)2)32-15-21(12-26(32)33)27(34)31-30-14-19-4-3-5-24(11-19)35-16-20-7-8-22(28)13-25(20)29/h3-11,13-14,21H,12,15-16H2,1-2H3,(H,31,34)/b30-14-/t21-/m1/s1. The summed E-state index contributed by atoms with van der Waals surface area (Å²) in [5, 5.41) is 5.18. The molecule has 0 aromatic heterocycles. The summed E-state index contributed by atoms with van der Waals surface area (Å²) in [5.41, 5.74) is 7.21. The molecular formula is C27H25Cl2N3O3. The number of anilines is 1. The summed E-state index contributed by atoms with van der Waals surface area (Å²) in [7, 11) is 0. The average Bonchev–Trinajstić information content (AvgIpc) is 3.22. The van der Waals surface area contributed by atoms with Gasteiger partial charge in [0.1, 0.15) is 12.4 Å². The molecular weight excluding hydrogens is 485 g/mol. The van der Waals surface area contributed by atoms with Crippen LogP contribution in [0.2, 0.25) is 10.0 Å². The number of aryl methyl sites for hydroxylation is 2. The lowest BCUT2D eigenvalue weighted by Gasteiger charge is -2.17. The maximum absolute atomic E-state index is 12.6. The van der Waals surface area contributed by atoms with E-state index in [1.807, 2.05) is 56.3 Å². The molecule has 1 aliphatic heterocycles. The monoisotopic (exact) mass is 509 g/mol. The van der Waals surface area contributed by atoms with Crippen LogP contribution in [0.25, 0.3) is 0 Å². The minimum absolute atomic E-state index is 0.0666. The largest absolute Gasteiger partial charge is 0.489 e. The van der Waals surface area contributed by atoms with Gasteiger partial charge in [-0.25, -0.2) is 5.43 Å². The van der Waals surface area contributed by atoms with Crippen LogP contribution in [0.5, 0.6) is 5.75 Å². The fourth-order valence-corrected chi connectivity index (χ4v) is 4.24. The van der Waals surface area contributed by atoms with E-state index in [-0.39, 0.29) is 18.2 Å². The van der Waals surface area contributed by atoms with Crippen LogP contribution in [0.15, 0.2) is 65.8 Å². The second kappa shape index (κ2) is 10.9. The highest BCUT2D eigenvalue weighted by atomic mass is 35.5. The van der Waals surface area contributed by atoms with E-state index >= 15 is 0 Å². The van der Waals surface area contributed by atoms with Crippen LogP contribution in [0.1, 0.15) is 28.7 Å². The first kappa shape index (κ1) is 24.8. The van der Waals surface area contributed by atoms with Gasteiger partial charge in [-0.1, -0.05) is 47.5 Å². The van der Waals surface area contributed by atoms with Crippen molar-refractivity contribution >= 4 is 46.9 Å². The fraction of sp³-hybridized carbons (Fsp3) is 0.222. The Bertz CT molecular complexity index is 1290. The molecule has 6 nitrogen and oxygen atoms in total. The second-order valence-corrected chi connectivity index (χ2v) is 9.35. The van der Waals surface area contributed by atoms with Crippen molar-refractivity contribution in [3.05, 3.63) is 93.0 Å². The van der Waals surface area contributed by atoms with Crippen molar-refractivity contribution in [3.8, 4) is 5.75 Å². The number of halogens is 2. The number of rotatable bonds is 7. The van der Waals surface area contributed by atoms with Crippen LogP contribution in [0.4, 0.5) is 5.69 Å². The summed E-state index contributed by atoms with van der Waals surface area (Å²) in [5.74, 6) is -0.175. The SMILES string of the molecule is Cc1ccc(N2C[C@H](C(=O)N/N=C\c3cccc(OCc4ccc(Cl)cc4Cl)c3)CC2=O)cc1C. The van der Waals surface area contributed by atoms with E-state index in [2.05, 4.69) is 10.5 Å². The van der Waals surface area contributed by atoms with E-state index in [4.69, 9.17) is 27.9 Å². The molecule has 3 aromatic carbocycles. The van der Waals surface area contributed by atoms with Crippen molar-refractivity contribution in [3.63, 3.8) is 0 Å². The first-order valence-electron chi connectivity index (χ1n) is 11.2. The Hall–Kier alpha value is -3.35. The molecule has 1 fully saturated rings. The summed E-state index contributed by atoms with van der Waals surface area (Å²) in [6, 6.07) is 18.4. The minimum Gasteiger partial charge on any atom is -0.489 e. The average molecular weight is 510 g/mol. The Kier molecular flexibility index (Phi) is 7.73. The zero-order valence-electron chi connectivity index (χ0n) is 19.4. The number of nitrogens with zero attached hydrogens (tertiary/aromatic N) is 2. The number of ether oxygens (including phenoxy) is 1. The summed E-state index contributed by atoms with van der Waals surface area (Å²) >= 11 is 12.1. The van der Waals surface area contributed by atoms with E-state index in [1.54, 1.807) is 23.1 Å². The highest BCUT2D eigenvalue weighted by molar-refractivity contribution is 6.35. The van der Waals surface area contributed by atoms with Crippen LogP contribution >= 0.6 is 23.2 Å². The Labute approximate surface area is 214 Å². The lowest BCUT2D eigenvalue weighted by molar-refractivity contribution is -0.126. The first-order valence-corrected chi connectivity index (χ1v) is 11.9. The Balaban J connectivity index is 1.32. The quantitative estimate of drug-likeness (QED) is 0.328. The van der Waals surface area contributed by atoms with Gasteiger partial charge in [-0.15, -0.1) is 0 Å². The molecule has 1 saturated heterocycles. The van der Waals surface area contributed by atoms with E-state index in [0.29, 0.717) is 28.9 Å². The van der Waals surface area contributed by atoms with Gasteiger partial charge in [0, 0.05) is 34.3 Å². The molecule has 2 amide bonds. The van der Waals surface area contributed by atoms with Crippen molar-refractivity contribution in [2.45, 2.75) is 26.9 Å². The number of amides is 2. The smallest absolute Gasteiger partial charge is 0.245 e. The third-order valence-corrected chi connectivity index (χ3v) is 6.54. The molecule has 0 radical (unpaired) electrons. The highest BCUT2D eigenvalue weighted by Gasteiger charge is 2.35. The summed E-state index contributed by atoms with van der Waals surface area (Å²) in [6.07, 6.45) is 1.70. The van der Waals surface area contributed by atoms with Crippen LogP contribution in [-0.2, 0) is 16.2 Å². The third-order valence-electron chi connectivity index (χ3n) is 5.95. The zero-order chi connectivity index (χ0) is 24.9. The maximum Gasteiger partial charge on any atom is 0.245 e. The molecule has 1 N–H and O–H groups in total. The maximum atomic E-state index is 12.6. The minimum atomic E-state index is -0.458. The predicted octanol–water partition coefficient (Wildman–Crippen LogP) is 5.69. The van der Waals surface area contributed by atoms with E-state index in [9.17, 15) is 9.59 Å². The number of hydrogen-bond acceptors (Lipinski definition) is 4. The van der Waals surface area contributed by atoms with Gasteiger partial charge in [-0.05, 0) is 66.9 Å². The van der Waals surface area contributed by atoms with E-state index < -0.39 is 5.92 Å². The molecule has 0 spiro atoms. The second-order valence-electron chi connectivity index (χ2n) is 8.51. The van der Waals surface area contributed by atoms with E-state index in [1.165, 1.54) is 6.21 Å². The van der Waals surface area contributed by atoms with Crippen LogP contribution in [0, 0.1) is 19.8 Å². The molecule has 1 aliphatic rings. The molecule has 0 aliphatic carbocycles. The van der Waals surface area contributed by atoms with Gasteiger partial charge < -0.3 is 9.64 Å². The number of carbonyl (C=O) groups is 2. The Morgan fingerprint density at radius 1 is 1.11 bits per heavy atom. The number of hydrazone groups is 1. The molecule has 0 unspecified atom stereocenters. The normalized spacial score (nSPS) is 15.6. The summed E-state index contributed by atoms with van der Waals surface area (Å²) < 4.78 is 5.82. The molecule has 8 heteroatoms. The van der Waals surface area contributed by atoms with Crippen LogP contribution in [-0.4, -0.2) is 24.6 Å². The Morgan fingerprint density at radius 2 is 1.94 bits per heavy atom. The topological polar surface area (TPSA) is 71.0 Å². The van der Waals surface area contributed by atoms with Crippen molar-refractivity contribution in [1.82, 2.24) is 5.43 Å². The zero-order valence-corrected chi connectivity index (χ0v) is 20.9. The number of carbonyl (C=O) groups excluding carboxylic acids is 2. The third kappa shape index (κ3) is 6.21. The molecule has 3 aromatic rings. The van der Waals surface area contributed by atoms with Crippen LogP contribution < -0.4 is 15.1 Å². The van der Waals surface area contributed by atoms with Crippen molar-refractivity contribution < 1.29 is 14.3 Å². The lowest BCUT2D eigenvalue weighted by atomic mass is 10.1. The number of nitrogens with one attached hydrogen (secondary N) is 1. The fourth-order valence-electron chi connectivity index (χ4n) is 3.77. The number of hydrogen-bond donors (Lipinski definition) is 1. The molecule has 35 heavy (non-hydrogen) atoms. The lowest BCUT2D eigenvalue weighted by Crippen LogP contribution is -2.30. The summed E-state index contributed by atoms with van der Waals surface area (Å²) in [4.78, 5) is 26.8. The van der Waals surface area contributed by atoms with Crippen molar-refractivity contribution in [1.29, 1.82) is 0 Å². The van der Waals surface area contributed by atoms with Crippen LogP contribution in [0.3, 0.4) is 0 Å². The molecule has 4 rings (SSSR count). The first-order chi connectivity index (χ1) is 16.8. The Morgan fingerprint density at radius 3 is 2.71 bits per heavy atom. The molecule has 180 valence electrons. The van der Waals surface area contributed by atoms with Gasteiger partial charge in [0.15, 0.2) is 0 Å². The molecule has 0 bridgehead atoms. The van der Waals surface area contributed by atoms with E-state index in [0.717, 1.165) is 27.9 Å². The van der Waals surface area contributed by atoms with Gasteiger partial charge in [0.2, 0.25) is 11.8 Å². The van der Waals surface area contributed by atoms with Gasteiger partial charge in [0.05, 0.1) is 12.1 Å². The van der Waals surface area contributed by atoms with Crippen molar-refractivity contribution in [2.24, 2.45) is 11.0 Å². The van der Waals surface area contributed by atoms with Gasteiger partial charge in [0.25, 0.3) is 0 Å². The van der Waals surface area contributed by atoms with Crippen molar-refractivity contribution in [2.75, 3.05) is 11.4 Å². The summed E-state index contributed by atoms with van der Waals surface area (Å²) in [6.45, 7) is 4.65. The number of benzene rings is 3. The molecule has 1 heterocycles.